The number of fused-ring (bicyclic) bond motifs is 1. The van der Waals surface area contributed by atoms with Crippen molar-refractivity contribution in [2.45, 2.75) is 19.9 Å². The van der Waals surface area contributed by atoms with Crippen molar-refractivity contribution in [1.29, 1.82) is 0 Å². The van der Waals surface area contributed by atoms with Gasteiger partial charge in [-0.2, -0.15) is 0 Å². The first-order valence-corrected chi connectivity index (χ1v) is 8.43. The number of amides is 2. The monoisotopic (exact) mass is 339 g/mol. The highest BCUT2D eigenvalue weighted by Gasteiger charge is 2.15. The van der Waals surface area contributed by atoms with Crippen molar-refractivity contribution < 1.29 is 9.59 Å². The van der Waals surface area contributed by atoms with E-state index < -0.39 is 6.04 Å². The maximum atomic E-state index is 12.0. The molecule has 0 aliphatic heterocycles. The minimum absolute atomic E-state index is 0.242. The fourth-order valence-electron chi connectivity index (χ4n) is 2.40. The highest BCUT2D eigenvalue weighted by molar-refractivity contribution is 7.14. The van der Waals surface area contributed by atoms with E-state index in [0.717, 1.165) is 16.6 Å². The van der Waals surface area contributed by atoms with Crippen LogP contribution in [0.3, 0.4) is 0 Å². The van der Waals surface area contributed by atoms with Gasteiger partial charge in [-0.1, -0.05) is 36.4 Å². The molecule has 122 valence electrons. The van der Waals surface area contributed by atoms with Gasteiger partial charge in [-0.3, -0.25) is 9.59 Å². The minimum atomic E-state index is -0.601. The maximum absolute atomic E-state index is 12.0. The molecule has 0 spiro atoms. The van der Waals surface area contributed by atoms with Crippen molar-refractivity contribution in [3.8, 4) is 11.3 Å². The van der Waals surface area contributed by atoms with E-state index in [9.17, 15) is 9.59 Å². The Balaban J connectivity index is 1.77. The Bertz CT molecular complexity index is 904. The van der Waals surface area contributed by atoms with Gasteiger partial charge in [0.15, 0.2) is 5.13 Å². The maximum Gasteiger partial charge on any atom is 0.248 e. The molecule has 1 heterocycles. The Morgan fingerprint density at radius 2 is 1.88 bits per heavy atom. The number of rotatable bonds is 4. The Morgan fingerprint density at radius 1 is 1.12 bits per heavy atom. The molecule has 2 N–H and O–H groups in total. The van der Waals surface area contributed by atoms with E-state index in [1.807, 2.05) is 23.6 Å². The molecule has 0 radical (unpaired) electrons. The quantitative estimate of drug-likeness (QED) is 0.765. The van der Waals surface area contributed by atoms with E-state index in [0.29, 0.717) is 5.13 Å². The number of anilines is 1. The van der Waals surface area contributed by atoms with Crippen molar-refractivity contribution in [3.05, 3.63) is 47.8 Å². The molecule has 0 fully saturated rings. The molecule has 3 aromatic rings. The number of hydrogen-bond donors (Lipinski definition) is 2. The van der Waals surface area contributed by atoms with Crippen LogP contribution >= 0.6 is 11.3 Å². The average molecular weight is 339 g/mol. The molecule has 5 nitrogen and oxygen atoms in total. The summed E-state index contributed by atoms with van der Waals surface area (Å²) in [6.45, 7) is 3.01. The van der Waals surface area contributed by atoms with Gasteiger partial charge in [0.2, 0.25) is 11.8 Å². The third-order valence-corrected chi connectivity index (χ3v) is 4.35. The second-order valence-electron chi connectivity index (χ2n) is 5.51. The van der Waals surface area contributed by atoms with Crippen LogP contribution < -0.4 is 10.6 Å². The first kappa shape index (κ1) is 16.1. The molecular weight excluding hydrogens is 322 g/mol. The Labute approximate surface area is 143 Å². The van der Waals surface area contributed by atoms with Gasteiger partial charge >= 0.3 is 0 Å². The van der Waals surface area contributed by atoms with Crippen LogP contribution in [0, 0.1) is 0 Å². The predicted octanol–water partition coefficient (Wildman–Crippen LogP) is 3.43. The van der Waals surface area contributed by atoms with Crippen molar-refractivity contribution in [3.63, 3.8) is 0 Å². The number of nitrogens with zero attached hydrogens (tertiary/aromatic N) is 1. The molecule has 1 atom stereocenters. The van der Waals surface area contributed by atoms with E-state index in [4.69, 9.17) is 0 Å². The molecule has 0 saturated heterocycles. The van der Waals surface area contributed by atoms with Crippen LogP contribution in [0.5, 0.6) is 0 Å². The fraction of sp³-hybridized carbons (Fsp3) is 0.167. The van der Waals surface area contributed by atoms with Gasteiger partial charge in [0.1, 0.15) is 6.04 Å². The summed E-state index contributed by atoms with van der Waals surface area (Å²) >= 11 is 1.36. The highest BCUT2D eigenvalue weighted by atomic mass is 32.1. The number of thiazole rings is 1. The summed E-state index contributed by atoms with van der Waals surface area (Å²) in [5.74, 6) is -0.529. The van der Waals surface area contributed by atoms with Crippen LogP contribution in [0.1, 0.15) is 13.8 Å². The second kappa shape index (κ2) is 6.80. The molecule has 2 aromatic carbocycles. The zero-order chi connectivity index (χ0) is 17.1. The number of carbonyl (C=O) groups is 2. The summed E-state index contributed by atoms with van der Waals surface area (Å²) in [6, 6.07) is 13.7. The van der Waals surface area contributed by atoms with E-state index in [1.165, 1.54) is 23.6 Å². The molecule has 0 bridgehead atoms. The summed E-state index contributed by atoms with van der Waals surface area (Å²) in [7, 11) is 0. The van der Waals surface area contributed by atoms with Crippen LogP contribution in [0.15, 0.2) is 47.8 Å². The molecule has 1 aromatic heterocycles. The summed E-state index contributed by atoms with van der Waals surface area (Å²) in [5.41, 5.74) is 1.81. The number of carbonyl (C=O) groups excluding carboxylic acids is 2. The summed E-state index contributed by atoms with van der Waals surface area (Å²) in [6.07, 6.45) is 0. The second-order valence-corrected chi connectivity index (χ2v) is 6.37. The van der Waals surface area contributed by atoms with Gasteiger partial charge < -0.3 is 10.6 Å². The van der Waals surface area contributed by atoms with Crippen molar-refractivity contribution in [2.75, 3.05) is 5.32 Å². The molecule has 0 saturated carbocycles. The Kier molecular flexibility index (Phi) is 4.57. The Hall–Kier alpha value is -2.73. The number of nitrogens with one attached hydrogen (secondary N) is 2. The summed E-state index contributed by atoms with van der Waals surface area (Å²) in [4.78, 5) is 27.5. The van der Waals surface area contributed by atoms with Crippen LogP contribution in [0.25, 0.3) is 22.0 Å². The third-order valence-electron chi connectivity index (χ3n) is 3.59. The standard InChI is InChI=1S/C18H17N3O2S/c1-11(19-12(2)22)17(23)21-18-20-16(10-24-18)15-8-7-13-5-3-4-6-14(13)9-15/h3-11H,1-2H3,(H,19,22)(H,20,21,23). The molecular formula is C18H17N3O2S. The van der Waals surface area contributed by atoms with Gasteiger partial charge in [-0.25, -0.2) is 4.98 Å². The summed E-state index contributed by atoms with van der Waals surface area (Å²) < 4.78 is 0. The van der Waals surface area contributed by atoms with E-state index in [-0.39, 0.29) is 11.8 Å². The summed E-state index contributed by atoms with van der Waals surface area (Å²) in [5, 5.41) is 10.0. The van der Waals surface area contributed by atoms with Crippen LogP contribution in [0.4, 0.5) is 5.13 Å². The predicted molar refractivity (Wildman–Crippen MR) is 97.0 cm³/mol. The zero-order valence-corrected chi connectivity index (χ0v) is 14.2. The van der Waals surface area contributed by atoms with Gasteiger partial charge in [0.25, 0.3) is 0 Å². The fourth-order valence-corrected chi connectivity index (χ4v) is 3.12. The minimum Gasteiger partial charge on any atom is -0.345 e. The molecule has 0 aliphatic rings. The van der Waals surface area contributed by atoms with E-state index in [2.05, 4.69) is 39.9 Å². The average Bonchev–Trinajstić information content (AvgIpc) is 3.02. The molecule has 3 rings (SSSR count). The molecule has 6 heteroatoms. The highest BCUT2D eigenvalue weighted by Crippen LogP contribution is 2.27. The molecule has 24 heavy (non-hydrogen) atoms. The van der Waals surface area contributed by atoms with Crippen LogP contribution in [0.2, 0.25) is 0 Å². The SMILES string of the molecule is CC(=O)NC(C)C(=O)Nc1nc(-c2ccc3ccccc3c2)cs1. The topological polar surface area (TPSA) is 71.1 Å². The first-order chi connectivity index (χ1) is 11.5. The smallest absolute Gasteiger partial charge is 0.248 e. The molecule has 1 unspecified atom stereocenters. The lowest BCUT2D eigenvalue weighted by molar-refractivity contribution is -0.124. The first-order valence-electron chi connectivity index (χ1n) is 7.55. The Morgan fingerprint density at radius 3 is 2.62 bits per heavy atom. The largest absolute Gasteiger partial charge is 0.345 e. The van der Waals surface area contributed by atoms with Crippen LogP contribution in [-0.4, -0.2) is 22.8 Å². The molecule has 2 amide bonds. The zero-order valence-electron chi connectivity index (χ0n) is 13.4. The lowest BCUT2D eigenvalue weighted by Crippen LogP contribution is -2.40. The molecule has 0 aliphatic carbocycles. The normalized spacial score (nSPS) is 11.9. The number of benzene rings is 2. The third kappa shape index (κ3) is 3.60. The van der Waals surface area contributed by atoms with E-state index >= 15 is 0 Å². The van der Waals surface area contributed by atoms with Gasteiger partial charge in [-0.15, -0.1) is 11.3 Å². The van der Waals surface area contributed by atoms with E-state index in [1.54, 1.807) is 6.92 Å². The van der Waals surface area contributed by atoms with Crippen molar-refractivity contribution in [2.24, 2.45) is 0 Å². The van der Waals surface area contributed by atoms with Gasteiger partial charge in [0.05, 0.1) is 5.69 Å². The van der Waals surface area contributed by atoms with Crippen molar-refractivity contribution in [1.82, 2.24) is 10.3 Å². The number of aromatic nitrogens is 1. The van der Waals surface area contributed by atoms with Crippen molar-refractivity contribution >= 4 is 39.1 Å². The van der Waals surface area contributed by atoms with Gasteiger partial charge in [-0.05, 0) is 23.8 Å². The lowest BCUT2D eigenvalue weighted by atomic mass is 10.1. The van der Waals surface area contributed by atoms with Crippen LogP contribution in [-0.2, 0) is 9.59 Å². The van der Waals surface area contributed by atoms with Gasteiger partial charge in [0, 0.05) is 17.9 Å². The lowest BCUT2D eigenvalue weighted by Gasteiger charge is -2.10. The number of hydrogen-bond acceptors (Lipinski definition) is 4.